The van der Waals surface area contributed by atoms with E-state index in [-0.39, 0.29) is 23.9 Å². The van der Waals surface area contributed by atoms with Gasteiger partial charge in [-0.05, 0) is 26.0 Å². The maximum absolute atomic E-state index is 12.0. The molecule has 0 aliphatic heterocycles. The van der Waals surface area contributed by atoms with Crippen LogP contribution in [0.1, 0.15) is 28.9 Å². The second-order valence-corrected chi connectivity index (χ2v) is 5.68. The van der Waals surface area contributed by atoms with Gasteiger partial charge in [0.05, 0.1) is 12.8 Å². The fourth-order valence-corrected chi connectivity index (χ4v) is 2.08. The quantitative estimate of drug-likeness (QED) is 0.508. The average molecular weight is 367 g/mol. The van der Waals surface area contributed by atoms with E-state index in [1.165, 1.54) is 19.3 Å². The summed E-state index contributed by atoms with van der Waals surface area (Å²) in [5, 5.41) is 10.2. The van der Waals surface area contributed by atoms with Crippen molar-refractivity contribution in [2.45, 2.75) is 20.4 Å². The van der Waals surface area contributed by atoms with Crippen LogP contribution in [0.25, 0.3) is 11.4 Å². The molecule has 2 heterocycles. The molecule has 0 aliphatic rings. The number of aromatic nitrogens is 2. The number of hydrogen-bond acceptors (Lipinski definition) is 7. The van der Waals surface area contributed by atoms with E-state index in [9.17, 15) is 9.59 Å². The van der Waals surface area contributed by atoms with Crippen molar-refractivity contribution in [2.75, 3.05) is 0 Å². The fourth-order valence-electron chi connectivity index (χ4n) is 2.08. The molecule has 0 atom stereocenters. The topological polar surface area (TPSA) is 123 Å². The van der Waals surface area contributed by atoms with E-state index >= 15 is 0 Å². The number of hydrogen-bond donors (Lipinski definition) is 2. The molecular formula is C18H17N5O4. The molecule has 0 spiro atoms. The third-order valence-corrected chi connectivity index (χ3v) is 3.58. The van der Waals surface area contributed by atoms with Crippen molar-refractivity contribution in [3.8, 4) is 11.4 Å². The molecule has 0 fully saturated rings. The van der Waals surface area contributed by atoms with Gasteiger partial charge in [-0.15, -0.1) is 0 Å². The van der Waals surface area contributed by atoms with Gasteiger partial charge in [-0.3, -0.25) is 9.59 Å². The van der Waals surface area contributed by atoms with Crippen LogP contribution in [0.15, 0.2) is 56.7 Å². The predicted octanol–water partition coefficient (Wildman–Crippen LogP) is 2.06. The largest absolute Gasteiger partial charge is 0.459 e. The summed E-state index contributed by atoms with van der Waals surface area (Å²) in [6.07, 6.45) is 1.37. The third-order valence-electron chi connectivity index (χ3n) is 3.58. The lowest BCUT2D eigenvalue weighted by molar-refractivity contribution is -0.115. The van der Waals surface area contributed by atoms with Gasteiger partial charge in [-0.1, -0.05) is 35.0 Å². The monoisotopic (exact) mass is 367 g/mol. The number of carbonyl (C=O) groups excluding carboxylic acids is 2. The lowest BCUT2D eigenvalue weighted by Crippen LogP contribution is -2.31. The number of nitrogens with zero attached hydrogens (tertiary/aromatic N) is 3. The van der Waals surface area contributed by atoms with Crippen LogP contribution >= 0.6 is 0 Å². The highest BCUT2D eigenvalue weighted by Crippen LogP contribution is 2.16. The van der Waals surface area contributed by atoms with Crippen LogP contribution in [-0.4, -0.2) is 27.7 Å². The van der Waals surface area contributed by atoms with Crippen molar-refractivity contribution in [2.24, 2.45) is 5.10 Å². The number of carbonyl (C=O) groups is 2. The fraction of sp³-hybridized carbons (Fsp3) is 0.167. The molecule has 2 N–H and O–H groups in total. The van der Waals surface area contributed by atoms with Gasteiger partial charge >= 0.3 is 5.91 Å². The Kier molecular flexibility index (Phi) is 5.41. The number of hydrazone groups is 1. The number of rotatable bonds is 6. The van der Waals surface area contributed by atoms with Gasteiger partial charge in [0.1, 0.15) is 5.71 Å². The van der Waals surface area contributed by atoms with E-state index in [0.29, 0.717) is 5.82 Å². The number of amides is 2. The molecule has 2 aromatic heterocycles. The van der Waals surface area contributed by atoms with Gasteiger partial charge in [-0.2, -0.15) is 10.1 Å². The predicted molar refractivity (Wildman–Crippen MR) is 95.6 cm³/mol. The van der Waals surface area contributed by atoms with E-state index in [0.717, 1.165) is 11.1 Å². The third kappa shape index (κ3) is 4.66. The van der Waals surface area contributed by atoms with Gasteiger partial charge in [0, 0.05) is 5.56 Å². The molecule has 0 saturated carbocycles. The Morgan fingerprint density at radius 1 is 1.19 bits per heavy atom. The molecule has 27 heavy (non-hydrogen) atoms. The SMILES string of the molecule is C/C(=N\NC(=O)c1ccco1)C(=O)NCc1nc(-c2ccc(C)cc2)no1. The Balaban J connectivity index is 1.53. The number of aryl methyl sites for hydroxylation is 1. The number of nitrogens with one attached hydrogen (secondary N) is 2. The molecule has 2 amide bonds. The average Bonchev–Trinajstić information content (AvgIpc) is 3.36. The summed E-state index contributed by atoms with van der Waals surface area (Å²) in [7, 11) is 0. The molecule has 0 bridgehead atoms. The van der Waals surface area contributed by atoms with E-state index in [1.54, 1.807) is 6.07 Å². The summed E-state index contributed by atoms with van der Waals surface area (Å²) in [6, 6.07) is 10.7. The lowest BCUT2D eigenvalue weighted by Gasteiger charge is -2.02. The van der Waals surface area contributed by atoms with Crippen LogP contribution in [0.5, 0.6) is 0 Å². The second-order valence-electron chi connectivity index (χ2n) is 5.68. The van der Waals surface area contributed by atoms with Crippen molar-refractivity contribution in [3.63, 3.8) is 0 Å². The molecule has 9 heteroatoms. The molecule has 3 rings (SSSR count). The summed E-state index contributed by atoms with van der Waals surface area (Å²) >= 11 is 0. The van der Waals surface area contributed by atoms with Crippen molar-refractivity contribution < 1.29 is 18.5 Å². The number of benzene rings is 1. The van der Waals surface area contributed by atoms with Gasteiger partial charge in [-0.25, -0.2) is 5.43 Å². The maximum atomic E-state index is 12.0. The Labute approximate surface area is 154 Å². The first-order valence-corrected chi connectivity index (χ1v) is 8.09. The maximum Gasteiger partial charge on any atom is 0.307 e. The lowest BCUT2D eigenvalue weighted by atomic mass is 10.1. The van der Waals surface area contributed by atoms with Crippen molar-refractivity contribution in [1.29, 1.82) is 0 Å². The number of furan rings is 1. The first kappa shape index (κ1) is 18.1. The molecule has 1 aromatic carbocycles. The van der Waals surface area contributed by atoms with Crippen LogP contribution in [0, 0.1) is 6.92 Å². The smallest absolute Gasteiger partial charge is 0.307 e. The highest BCUT2D eigenvalue weighted by atomic mass is 16.5. The molecule has 0 saturated heterocycles. The van der Waals surface area contributed by atoms with Crippen LogP contribution in [0.2, 0.25) is 0 Å². The van der Waals surface area contributed by atoms with Crippen LogP contribution in [0.4, 0.5) is 0 Å². The Morgan fingerprint density at radius 3 is 2.67 bits per heavy atom. The molecule has 0 aliphatic carbocycles. The Hall–Kier alpha value is -3.75. The molecular weight excluding hydrogens is 350 g/mol. The summed E-state index contributed by atoms with van der Waals surface area (Å²) in [4.78, 5) is 28.0. The van der Waals surface area contributed by atoms with Gasteiger partial charge in [0.15, 0.2) is 5.76 Å². The minimum absolute atomic E-state index is 0.0384. The molecule has 0 radical (unpaired) electrons. The second kappa shape index (κ2) is 8.09. The van der Waals surface area contributed by atoms with Crippen molar-refractivity contribution in [3.05, 3.63) is 59.9 Å². The normalized spacial score (nSPS) is 11.3. The Bertz CT molecular complexity index is 958. The van der Waals surface area contributed by atoms with E-state index in [4.69, 9.17) is 8.94 Å². The minimum atomic E-state index is -0.549. The molecule has 138 valence electrons. The first-order chi connectivity index (χ1) is 13.0. The summed E-state index contributed by atoms with van der Waals surface area (Å²) < 4.78 is 10.1. The zero-order chi connectivity index (χ0) is 19.2. The molecule has 0 unspecified atom stereocenters. The summed E-state index contributed by atoms with van der Waals surface area (Å²) in [6.45, 7) is 3.49. The highest BCUT2D eigenvalue weighted by molar-refractivity contribution is 6.37. The summed E-state index contributed by atoms with van der Waals surface area (Å²) in [5.41, 5.74) is 4.25. The van der Waals surface area contributed by atoms with Crippen LogP contribution < -0.4 is 10.7 Å². The zero-order valence-corrected chi connectivity index (χ0v) is 14.7. The van der Waals surface area contributed by atoms with Crippen LogP contribution in [0.3, 0.4) is 0 Å². The van der Waals surface area contributed by atoms with E-state index < -0.39 is 11.8 Å². The first-order valence-electron chi connectivity index (χ1n) is 8.09. The molecule has 9 nitrogen and oxygen atoms in total. The van der Waals surface area contributed by atoms with Crippen molar-refractivity contribution >= 4 is 17.5 Å². The van der Waals surface area contributed by atoms with E-state index in [1.807, 2.05) is 31.2 Å². The van der Waals surface area contributed by atoms with Gasteiger partial charge in [0.25, 0.3) is 5.91 Å². The standard InChI is InChI=1S/C18H17N5O4/c1-11-5-7-13(8-6-11)16-20-15(27-23-16)10-19-17(24)12(2)21-22-18(25)14-4-3-9-26-14/h3-9H,10H2,1-2H3,(H,19,24)(H,22,25)/b21-12+. The minimum Gasteiger partial charge on any atom is -0.459 e. The summed E-state index contributed by atoms with van der Waals surface area (Å²) in [5.74, 6) is -0.236. The highest BCUT2D eigenvalue weighted by Gasteiger charge is 2.12. The van der Waals surface area contributed by atoms with Gasteiger partial charge < -0.3 is 14.3 Å². The zero-order valence-electron chi connectivity index (χ0n) is 14.7. The Morgan fingerprint density at radius 2 is 1.96 bits per heavy atom. The van der Waals surface area contributed by atoms with Crippen LogP contribution in [-0.2, 0) is 11.3 Å². The van der Waals surface area contributed by atoms with Gasteiger partial charge in [0.2, 0.25) is 11.7 Å². The van der Waals surface area contributed by atoms with Crippen molar-refractivity contribution in [1.82, 2.24) is 20.9 Å². The molecule has 3 aromatic rings. The van der Waals surface area contributed by atoms with E-state index in [2.05, 4.69) is 26.0 Å².